The van der Waals surface area contributed by atoms with E-state index in [1.165, 1.54) is 54.5 Å². The zero-order valence-electron chi connectivity index (χ0n) is 13.2. The molecule has 1 aromatic rings. The van der Waals surface area contributed by atoms with E-state index < -0.39 is 0 Å². The number of halogens is 1. The fourth-order valence-electron chi connectivity index (χ4n) is 3.30. The van der Waals surface area contributed by atoms with Crippen molar-refractivity contribution in [1.29, 1.82) is 0 Å². The fraction of sp³-hybridized carbons (Fsp3) is 0.812. The van der Waals surface area contributed by atoms with Crippen LogP contribution in [0.3, 0.4) is 0 Å². The minimum Gasteiger partial charge on any atom is -0.300 e. The SMILES string of the molecule is CCc1nn(CC)c(CN(C)CC2CCCCC2)c1Br. The molecule has 114 valence electrons. The van der Waals surface area contributed by atoms with Gasteiger partial charge in [0.2, 0.25) is 0 Å². The highest BCUT2D eigenvalue weighted by Crippen LogP contribution is 2.26. The van der Waals surface area contributed by atoms with E-state index in [2.05, 4.69) is 51.5 Å². The van der Waals surface area contributed by atoms with Crippen molar-refractivity contribution < 1.29 is 0 Å². The van der Waals surface area contributed by atoms with E-state index in [9.17, 15) is 0 Å². The summed E-state index contributed by atoms with van der Waals surface area (Å²) < 4.78 is 3.37. The lowest BCUT2D eigenvalue weighted by atomic mass is 9.89. The molecule has 0 aliphatic heterocycles. The van der Waals surface area contributed by atoms with Crippen molar-refractivity contribution in [3.8, 4) is 0 Å². The summed E-state index contributed by atoms with van der Waals surface area (Å²) in [7, 11) is 2.25. The first-order chi connectivity index (χ1) is 9.65. The topological polar surface area (TPSA) is 21.1 Å². The van der Waals surface area contributed by atoms with Crippen LogP contribution in [0, 0.1) is 5.92 Å². The molecular formula is C16H28BrN3. The van der Waals surface area contributed by atoms with Crippen molar-refractivity contribution in [2.45, 2.75) is 65.5 Å². The van der Waals surface area contributed by atoms with Crippen LogP contribution < -0.4 is 0 Å². The second kappa shape index (κ2) is 7.60. The van der Waals surface area contributed by atoms with Gasteiger partial charge in [-0.3, -0.25) is 4.68 Å². The molecule has 0 N–H and O–H groups in total. The lowest BCUT2D eigenvalue weighted by Gasteiger charge is -2.27. The van der Waals surface area contributed by atoms with Gasteiger partial charge >= 0.3 is 0 Å². The Morgan fingerprint density at radius 2 is 1.95 bits per heavy atom. The molecule has 1 fully saturated rings. The van der Waals surface area contributed by atoms with Crippen molar-refractivity contribution in [3.05, 3.63) is 15.9 Å². The number of nitrogens with zero attached hydrogens (tertiary/aromatic N) is 3. The number of aromatic nitrogens is 2. The molecule has 1 heterocycles. The number of hydrogen-bond acceptors (Lipinski definition) is 2. The van der Waals surface area contributed by atoms with Crippen molar-refractivity contribution in [2.75, 3.05) is 13.6 Å². The molecular weight excluding hydrogens is 314 g/mol. The third-order valence-electron chi connectivity index (χ3n) is 4.41. The van der Waals surface area contributed by atoms with E-state index in [1.807, 2.05) is 0 Å². The first kappa shape index (κ1) is 16.0. The molecule has 0 amide bonds. The Labute approximate surface area is 131 Å². The van der Waals surface area contributed by atoms with Crippen LogP contribution in [-0.4, -0.2) is 28.3 Å². The first-order valence-corrected chi connectivity index (χ1v) is 8.87. The van der Waals surface area contributed by atoms with Crippen LogP contribution in [0.15, 0.2) is 4.47 Å². The summed E-state index contributed by atoms with van der Waals surface area (Å²) in [5.41, 5.74) is 2.52. The normalized spacial score (nSPS) is 17.1. The minimum atomic E-state index is 0.899. The van der Waals surface area contributed by atoms with Crippen molar-refractivity contribution >= 4 is 15.9 Å². The Morgan fingerprint density at radius 1 is 1.25 bits per heavy atom. The number of rotatable bonds is 6. The Balaban J connectivity index is 1.99. The highest BCUT2D eigenvalue weighted by Gasteiger charge is 2.19. The summed E-state index contributed by atoms with van der Waals surface area (Å²) in [6.07, 6.45) is 8.11. The Kier molecular flexibility index (Phi) is 6.09. The second-order valence-corrected chi connectivity index (χ2v) is 6.87. The smallest absolute Gasteiger partial charge is 0.0767 e. The predicted molar refractivity (Wildman–Crippen MR) is 87.9 cm³/mol. The fourth-order valence-corrected chi connectivity index (χ4v) is 3.99. The van der Waals surface area contributed by atoms with Gasteiger partial charge in [-0.2, -0.15) is 5.10 Å². The molecule has 0 radical (unpaired) electrons. The van der Waals surface area contributed by atoms with Crippen molar-refractivity contribution in [2.24, 2.45) is 5.92 Å². The Bertz CT molecular complexity index is 422. The maximum absolute atomic E-state index is 4.69. The summed E-state index contributed by atoms with van der Waals surface area (Å²) in [5, 5.41) is 4.69. The summed E-state index contributed by atoms with van der Waals surface area (Å²) in [6, 6.07) is 0. The van der Waals surface area contributed by atoms with Crippen LogP contribution in [0.5, 0.6) is 0 Å². The van der Waals surface area contributed by atoms with Crippen LogP contribution in [0.25, 0.3) is 0 Å². The van der Waals surface area contributed by atoms with Gasteiger partial charge in [0.05, 0.1) is 15.9 Å². The molecule has 0 atom stereocenters. The van der Waals surface area contributed by atoms with Gasteiger partial charge in [0.25, 0.3) is 0 Å². The largest absolute Gasteiger partial charge is 0.300 e. The zero-order valence-corrected chi connectivity index (χ0v) is 14.7. The van der Waals surface area contributed by atoms with E-state index >= 15 is 0 Å². The van der Waals surface area contributed by atoms with E-state index in [-0.39, 0.29) is 0 Å². The maximum Gasteiger partial charge on any atom is 0.0767 e. The van der Waals surface area contributed by atoms with Gasteiger partial charge in [-0.15, -0.1) is 0 Å². The second-order valence-electron chi connectivity index (χ2n) is 6.08. The molecule has 4 heteroatoms. The molecule has 0 aromatic carbocycles. The van der Waals surface area contributed by atoms with Crippen molar-refractivity contribution in [3.63, 3.8) is 0 Å². The quantitative estimate of drug-likeness (QED) is 0.771. The van der Waals surface area contributed by atoms with E-state index in [4.69, 9.17) is 0 Å². The van der Waals surface area contributed by atoms with Crippen LogP contribution in [0.2, 0.25) is 0 Å². The minimum absolute atomic E-state index is 0.899. The molecule has 1 aromatic heterocycles. The van der Waals surface area contributed by atoms with Crippen molar-refractivity contribution in [1.82, 2.24) is 14.7 Å². The van der Waals surface area contributed by atoms with Gasteiger partial charge in [-0.25, -0.2) is 0 Å². The van der Waals surface area contributed by atoms with E-state index in [0.717, 1.165) is 25.4 Å². The summed E-state index contributed by atoms with van der Waals surface area (Å²) in [6.45, 7) is 7.51. The summed E-state index contributed by atoms with van der Waals surface area (Å²) in [5.74, 6) is 0.899. The average Bonchev–Trinajstić information content (AvgIpc) is 2.76. The number of hydrogen-bond donors (Lipinski definition) is 0. The summed E-state index contributed by atoms with van der Waals surface area (Å²) in [4.78, 5) is 2.48. The van der Waals surface area contributed by atoms with Crippen LogP contribution in [0.1, 0.15) is 57.3 Å². The lowest BCUT2D eigenvalue weighted by Crippen LogP contribution is -2.27. The van der Waals surface area contributed by atoms with E-state index in [1.54, 1.807) is 0 Å². The molecule has 0 saturated heterocycles. The van der Waals surface area contributed by atoms with Crippen LogP contribution in [0.4, 0.5) is 0 Å². The zero-order chi connectivity index (χ0) is 14.5. The van der Waals surface area contributed by atoms with E-state index in [0.29, 0.717) is 0 Å². The van der Waals surface area contributed by atoms with Gasteiger partial charge in [-0.1, -0.05) is 26.2 Å². The van der Waals surface area contributed by atoms with Crippen LogP contribution >= 0.6 is 15.9 Å². The molecule has 20 heavy (non-hydrogen) atoms. The standard InChI is InChI=1S/C16H28BrN3/c1-4-14-16(17)15(20(5-2)18-14)12-19(3)11-13-9-7-6-8-10-13/h13H,4-12H2,1-3H3. The highest BCUT2D eigenvalue weighted by atomic mass is 79.9. The molecule has 1 aliphatic carbocycles. The molecule has 1 aliphatic rings. The third-order valence-corrected chi connectivity index (χ3v) is 5.32. The molecule has 2 rings (SSSR count). The van der Waals surface area contributed by atoms with Crippen LogP contribution in [-0.2, 0) is 19.5 Å². The monoisotopic (exact) mass is 341 g/mol. The third kappa shape index (κ3) is 3.85. The molecule has 0 unspecified atom stereocenters. The summed E-state index contributed by atoms with van der Waals surface area (Å²) >= 11 is 3.75. The predicted octanol–water partition coefficient (Wildman–Crippen LogP) is 4.24. The maximum atomic E-state index is 4.69. The first-order valence-electron chi connectivity index (χ1n) is 8.08. The molecule has 3 nitrogen and oxygen atoms in total. The van der Waals surface area contributed by atoms with Gasteiger partial charge in [-0.05, 0) is 55.1 Å². The average molecular weight is 342 g/mol. The number of aryl methyl sites for hydroxylation is 2. The highest BCUT2D eigenvalue weighted by molar-refractivity contribution is 9.10. The Hall–Kier alpha value is -0.350. The van der Waals surface area contributed by atoms with Gasteiger partial charge in [0, 0.05) is 19.6 Å². The Morgan fingerprint density at radius 3 is 2.55 bits per heavy atom. The van der Waals surface area contributed by atoms with Gasteiger partial charge in [0.1, 0.15) is 0 Å². The molecule has 0 bridgehead atoms. The molecule has 1 saturated carbocycles. The molecule has 0 spiro atoms. The van der Waals surface area contributed by atoms with Gasteiger partial charge in [0.15, 0.2) is 0 Å². The van der Waals surface area contributed by atoms with Gasteiger partial charge < -0.3 is 4.90 Å². The lowest BCUT2D eigenvalue weighted by molar-refractivity contribution is 0.223.